The van der Waals surface area contributed by atoms with Crippen LogP contribution in [0.25, 0.3) is 88.8 Å². The molecule has 4 nitrogen and oxygen atoms in total. The van der Waals surface area contributed by atoms with Crippen LogP contribution in [-0.2, 0) is 6.42 Å². The molecule has 10 aromatic rings. The number of nitrogens with zero attached hydrogens (tertiary/aromatic N) is 4. The number of benzene rings is 7. The molecule has 0 aliphatic heterocycles. The summed E-state index contributed by atoms with van der Waals surface area (Å²) in [5.74, 6) is 1.68. The normalized spacial score (nSPS) is 12.2. The van der Waals surface area contributed by atoms with Crippen molar-refractivity contribution in [2.75, 3.05) is 0 Å². The zero-order valence-corrected chi connectivity index (χ0v) is 27.7. The minimum atomic E-state index is 0.752. The molecule has 4 heteroatoms. The van der Waals surface area contributed by atoms with Gasteiger partial charge in [0.15, 0.2) is 5.82 Å². The predicted octanol–water partition coefficient (Wildman–Crippen LogP) is 11.6. The van der Waals surface area contributed by atoms with Crippen LogP contribution in [0.1, 0.15) is 11.3 Å². The van der Waals surface area contributed by atoms with E-state index in [-0.39, 0.29) is 0 Å². The maximum atomic E-state index is 5.38. The highest BCUT2D eigenvalue weighted by Crippen LogP contribution is 2.44. The average Bonchev–Trinajstić information content (AvgIpc) is 3.85. The summed E-state index contributed by atoms with van der Waals surface area (Å²) in [6.07, 6.45) is 0.796. The standard InChI is InChI=1S/C47H30N4/c1-3-13-30(14-4-1)46-48-40-28-33-15-7-8-18-35(33)45(40)47(49-46)51-42-22-12-10-20-37(42)39-27-31(24-26-43(39)51)32-23-25-38-36-19-9-11-21-41(36)50(44(38)29-32)34-16-5-2-6-17-34/h1-27,29H,28H2. The molecule has 0 atom stereocenters. The van der Waals surface area contributed by atoms with Crippen molar-refractivity contribution in [3.63, 3.8) is 0 Å². The van der Waals surface area contributed by atoms with Gasteiger partial charge in [-0.1, -0.05) is 127 Å². The Morgan fingerprint density at radius 3 is 1.84 bits per heavy atom. The molecule has 7 aromatic carbocycles. The van der Waals surface area contributed by atoms with E-state index in [4.69, 9.17) is 9.97 Å². The number of fused-ring (bicyclic) bond motifs is 9. The van der Waals surface area contributed by atoms with Crippen molar-refractivity contribution in [3.8, 4) is 45.1 Å². The molecule has 238 valence electrons. The highest BCUT2D eigenvalue weighted by atomic mass is 15.1. The fraction of sp³-hybridized carbons (Fsp3) is 0.0213. The van der Waals surface area contributed by atoms with Gasteiger partial charge in [-0.2, -0.15) is 0 Å². The van der Waals surface area contributed by atoms with Crippen molar-refractivity contribution in [1.29, 1.82) is 0 Å². The zero-order chi connectivity index (χ0) is 33.5. The molecule has 3 heterocycles. The maximum absolute atomic E-state index is 5.38. The van der Waals surface area contributed by atoms with Crippen LogP contribution in [0, 0.1) is 0 Å². The van der Waals surface area contributed by atoms with Gasteiger partial charge in [-0.25, -0.2) is 9.97 Å². The summed E-state index contributed by atoms with van der Waals surface area (Å²) in [5.41, 5.74) is 13.9. The largest absolute Gasteiger partial charge is 0.309 e. The molecular weight excluding hydrogens is 621 g/mol. The minimum absolute atomic E-state index is 0.752. The Kier molecular flexibility index (Phi) is 5.98. The molecule has 0 saturated carbocycles. The lowest BCUT2D eigenvalue weighted by Gasteiger charge is -2.15. The number of hydrogen-bond acceptors (Lipinski definition) is 2. The smallest absolute Gasteiger partial charge is 0.161 e. The van der Waals surface area contributed by atoms with Crippen molar-refractivity contribution in [2.45, 2.75) is 6.42 Å². The summed E-state index contributed by atoms with van der Waals surface area (Å²) in [5, 5.41) is 4.92. The van der Waals surface area contributed by atoms with Gasteiger partial charge in [0.25, 0.3) is 0 Å². The predicted molar refractivity (Wildman–Crippen MR) is 210 cm³/mol. The van der Waals surface area contributed by atoms with Gasteiger partial charge in [0.2, 0.25) is 0 Å². The topological polar surface area (TPSA) is 35.6 Å². The summed E-state index contributed by atoms with van der Waals surface area (Å²) in [7, 11) is 0. The summed E-state index contributed by atoms with van der Waals surface area (Å²) in [4.78, 5) is 10.5. The molecule has 0 bridgehead atoms. The summed E-state index contributed by atoms with van der Waals surface area (Å²) in [6, 6.07) is 60.9. The number of hydrogen-bond donors (Lipinski definition) is 0. The fourth-order valence-electron chi connectivity index (χ4n) is 8.26. The third-order valence-electron chi connectivity index (χ3n) is 10.5. The number of rotatable bonds is 4. The average molecular weight is 651 g/mol. The van der Waals surface area contributed by atoms with Crippen LogP contribution in [0.5, 0.6) is 0 Å². The second kappa shape index (κ2) is 10.9. The second-order valence-electron chi connectivity index (χ2n) is 13.4. The molecule has 11 rings (SSSR count). The third kappa shape index (κ3) is 4.20. The Hall–Kier alpha value is -6.78. The Labute approximate surface area is 294 Å². The molecule has 0 unspecified atom stereocenters. The zero-order valence-electron chi connectivity index (χ0n) is 27.7. The number of para-hydroxylation sites is 3. The lowest BCUT2D eigenvalue weighted by molar-refractivity contribution is 1.01. The molecule has 1 aliphatic rings. The molecule has 0 spiro atoms. The summed E-state index contributed by atoms with van der Waals surface area (Å²) >= 11 is 0. The molecule has 1 aliphatic carbocycles. The first-order valence-electron chi connectivity index (χ1n) is 17.5. The fourth-order valence-corrected chi connectivity index (χ4v) is 8.26. The van der Waals surface area contributed by atoms with Gasteiger partial charge in [0.05, 0.1) is 27.8 Å². The maximum Gasteiger partial charge on any atom is 0.161 e. The minimum Gasteiger partial charge on any atom is -0.309 e. The summed E-state index contributed by atoms with van der Waals surface area (Å²) < 4.78 is 4.75. The van der Waals surface area contributed by atoms with E-state index in [1.54, 1.807) is 0 Å². The molecule has 0 fully saturated rings. The Balaban J connectivity index is 1.15. The van der Waals surface area contributed by atoms with E-state index in [2.05, 4.69) is 173 Å². The van der Waals surface area contributed by atoms with E-state index in [9.17, 15) is 0 Å². The second-order valence-corrected chi connectivity index (χ2v) is 13.4. The SMILES string of the molecule is c1ccc(-c2nc3c(c(-n4c5ccccc5c5cc(-c6ccc7c8ccccc8n(-c8ccccc8)c7c6)ccc54)n2)-c2ccccc2C3)cc1. The molecular formula is C47H30N4. The molecule has 51 heavy (non-hydrogen) atoms. The van der Waals surface area contributed by atoms with Crippen LogP contribution < -0.4 is 0 Å². The van der Waals surface area contributed by atoms with Gasteiger partial charge >= 0.3 is 0 Å². The quantitative estimate of drug-likeness (QED) is 0.190. The van der Waals surface area contributed by atoms with Crippen LogP contribution in [0.3, 0.4) is 0 Å². The van der Waals surface area contributed by atoms with Crippen LogP contribution in [0.15, 0.2) is 170 Å². The van der Waals surface area contributed by atoms with Gasteiger partial charge < -0.3 is 4.57 Å². The molecule has 0 N–H and O–H groups in total. The van der Waals surface area contributed by atoms with Crippen molar-refractivity contribution < 1.29 is 0 Å². The molecule has 3 aromatic heterocycles. The first-order valence-corrected chi connectivity index (χ1v) is 17.5. The van der Waals surface area contributed by atoms with Crippen molar-refractivity contribution in [1.82, 2.24) is 19.1 Å². The lowest BCUT2D eigenvalue weighted by atomic mass is 10.0. The van der Waals surface area contributed by atoms with Crippen LogP contribution in [-0.4, -0.2) is 19.1 Å². The highest BCUT2D eigenvalue weighted by Gasteiger charge is 2.28. The van der Waals surface area contributed by atoms with E-state index in [0.717, 1.165) is 51.6 Å². The van der Waals surface area contributed by atoms with E-state index < -0.39 is 0 Å². The number of aromatic nitrogens is 4. The molecule has 0 radical (unpaired) electrons. The van der Waals surface area contributed by atoms with Crippen LogP contribution in [0.4, 0.5) is 0 Å². The third-order valence-corrected chi connectivity index (χ3v) is 10.5. The highest BCUT2D eigenvalue weighted by molar-refractivity contribution is 6.12. The molecule has 0 amide bonds. The molecule has 0 saturated heterocycles. The Morgan fingerprint density at radius 2 is 1.02 bits per heavy atom. The van der Waals surface area contributed by atoms with Gasteiger partial charge in [-0.15, -0.1) is 0 Å². The van der Waals surface area contributed by atoms with Crippen molar-refractivity contribution in [3.05, 3.63) is 181 Å². The van der Waals surface area contributed by atoms with E-state index in [1.807, 2.05) is 6.07 Å². The van der Waals surface area contributed by atoms with Crippen molar-refractivity contribution >= 4 is 43.6 Å². The lowest BCUT2D eigenvalue weighted by Crippen LogP contribution is -2.05. The van der Waals surface area contributed by atoms with Gasteiger partial charge in [0, 0.05) is 44.8 Å². The van der Waals surface area contributed by atoms with E-state index in [0.29, 0.717) is 0 Å². The van der Waals surface area contributed by atoms with Crippen molar-refractivity contribution in [2.24, 2.45) is 0 Å². The Morgan fingerprint density at radius 1 is 0.412 bits per heavy atom. The van der Waals surface area contributed by atoms with E-state index >= 15 is 0 Å². The van der Waals surface area contributed by atoms with Gasteiger partial charge in [0.1, 0.15) is 5.82 Å². The first-order chi connectivity index (χ1) is 25.3. The van der Waals surface area contributed by atoms with E-state index in [1.165, 1.54) is 54.8 Å². The Bertz CT molecular complexity index is 2990. The van der Waals surface area contributed by atoms with Gasteiger partial charge in [-0.05, 0) is 64.7 Å². The summed E-state index contributed by atoms with van der Waals surface area (Å²) in [6.45, 7) is 0. The monoisotopic (exact) mass is 650 g/mol. The first kappa shape index (κ1) is 28.1. The van der Waals surface area contributed by atoms with Crippen LogP contribution in [0.2, 0.25) is 0 Å². The van der Waals surface area contributed by atoms with Gasteiger partial charge in [-0.3, -0.25) is 4.57 Å². The van der Waals surface area contributed by atoms with Crippen LogP contribution >= 0.6 is 0 Å².